The molecule has 28 heavy (non-hydrogen) atoms. The normalized spacial score (nSPS) is 22.7. The number of allylic oxidation sites excluding steroid dienone is 1. The molecule has 146 valence electrons. The van der Waals surface area contributed by atoms with Crippen LogP contribution in [0.1, 0.15) is 46.5 Å². The molecule has 0 saturated heterocycles. The maximum atomic E-state index is 12.4. The number of benzene rings is 2. The highest BCUT2D eigenvalue weighted by molar-refractivity contribution is 6.99. The van der Waals surface area contributed by atoms with Crippen molar-refractivity contribution in [2.75, 3.05) is 0 Å². The predicted molar refractivity (Wildman–Crippen MR) is 118 cm³/mol. The van der Waals surface area contributed by atoms with E-state index >= 15 is 0 Å². The van der Waals surface area contributed by atoms with Crippen molar-refractivity contribution in [3.63, 3.8) is 0 Å². The maximum Gasteiger partial charge on any atom is 0.261 e. The summed E-state index contributed by atoms with van der Waals surface area (Å²) in [5.41, 5.74) is 1.04. The molecule has 0 spiro atoms. The number of fused-ring (bicyclic) bond motifs is 1. The molecule has 2 aliphatic rings. The van der Waals surface area contributed by atoms with Gasteiger partial charge in [-0.15, -0.1) is 0 Å². The number of carbonyl (C=O) groups excluding carboxylic acids is 1. The third-order valence-corrected chi connectivity index (χ3v) is 11.5. The summed E-state index contributed by atoms with van der Waals surface area (Å²) in [6, 6.07) is 21.6. The number of rotatable bonds is 4. The van der Waals surface area contributed by atoms with Crippen LogP contribution in [-0.4, -0.2) is 20.2 Å². The molecule has 0 aliphatic heterocycles. The highest BCUT2D eigenvalue weighted by Gasteiger charge is 2.53. The highest BCUT2D eigenvalue weighted by atomic mass is 28.4. The second-order valence-corrected chi connectivity index (χ2v) is 13.4. The van der Waals surface area contributed by atoms with Gasteiger partial charge in [-0.25, -0.2) is 0 Å². The molecule has 0 amide bonds. The van der Waals surface area contributed by atoms with Gasteiger partial charge in [-0.1, -0.05) is 87.5 Å². The van der Waals surface area contributed by atoms with Gasteiger partial charge in [0.25, 0.3) is 8.32 Å². The number of hydrogen-bond acceptors (Lipinski definition) is 2. The fourth-order valence-electron chi connectivity index (χ4n) is 5.11. The van der Waals surface area contributed by atoms with E-state index in [0.717, 1.165) is 24.8 Å². The zero-order chi connectivity index (χ0) is 19.8. The van der Waals surface area contributed by atoms with Gasteiger partial charge in [-0.05, 0) is 40.2 Å². The molecule has 2 aromatic carbocycles. The lowest BCUT2D eigenvalue weighted by molar-refractivity contribution is -0.118. The largest absolute Gasteiger partial charge is 0.404 e. The SMILES string of the molecule is CC(C)(C)[Si](O[C@H]1CCC(=O)C2=CCC[C@@H]21)(c1ccccc1)c1ccccc1. The predicted octanol–water partition coefficient (Wildman–Crippen LogP) is 4.63. The zero-order valence-corrected chi connectivity index (χ0v) is 18.2. The van der Waals surface area contributed by atoms with Crippen molar-refractivity contribution in [1.29, 1.82) is 0 Å². The van der Waals surface area contributed by atoms with Gasteiger partial charge in [0.15, 0.2) is 5.78 Å². The van der Waals surface area contributed by atoms with Crippen molar-refractivity contribution < 1.29 is 9.22 Å². The van der Waals surface area contributed by atoms with Gasteiger partial charge in [0.05, 0.1) is 6.10 Å². The zero-order valence-electron chi connectivity index (χ0n) is 17.2. The van der Waals surface area contributed by atoms with Crippen LogP contribution in [0.2, 0.25) is 5.04 Å². The summed E-state index contributed by atoms with van der Waals surface area (Å²) in [4.78, 5) is 12.4. The molecular formula is C25H30O2Si. The van der Waals surface area contributed by atoms with Crippen LogP contribution in [0.4, 0.5) is 0 Å². The Bertz CT molecular complexity index is 825. The smallest absolute Gasteiger partial charge is 0.261 e. The first-order chi connectivity index (χ1) is 13.4. The molecule has 0 heterocycles. The van der Waals surface area contributed by atoms with E-state index in [-0.39, 0.29) is 17.1 Å². The van der Waals surface area contributed by atoms with Gasteiger partial charge in [0.1, 0.15) is 0 Å². The standard InChI is InChI=1S/C25H30O2Si/c1-25(2,3)28(19-11-6-4-7-12-19,20-13-8-5-9-14-20)27-24-18-17-23(26)21-15-10-16-22(21)24/h4-9,11-15,22,24H,10,16-18H2,1-3H3/t22-,24-/m0/s1. The minimum Gasteiger partial charge on any atom is -0.404 e. The highest BCUT2D eigenvalue weighted by Crippen LogP contribution is 2.43. The monoisotopic (exact) mass is 390 g/mol. The molecule has 0 N–H and O–H groups in total. The Morgan fingerprint density at radius 2 is 1.46 bits per heavy atom. The first-order valence-corrected chi connectivity index (χ1v) is 12.4. The van der Waals surface area contributed by atoms with Crippen molar-refractivity contribution in [2.24, 2.45) is 5.92 Å². The molecule has 3 heteroatoms. The van der Waals surface area contributed by atoms with Gasteiger partial charge in [0.2, 0.25) is 0 Å². The van der Waals surface area contributed by atoms with E-state index in [1.165, 1.54) is 10.4 Å². The summed E-state index contributed by atoms with van der Waals surface area (Å²) in [5.74, 6) is 0.604. The molecular weight excluding hydrogens is 360 g/mol. The van der Waals surface area contributed by atoms with Crippen LogP contribution in [0.3, 0.4) is 0 Å². The van der Waals surface area contributed by atoms with Gasteiger partial charge in [0, 0.05) is 12.3 Å². The lowest BCUT2D eigenvalue weighted by atomic mass is 9.83. The Labute approximate surface area is 169 Å². The van der Waals surface area contributed by atoms with Crippen LogP contribution >= 0.6 is 0 Å². The Hall–Kier alpha value is -1.97. The van der Waals surface area contributed by atoms with Crippen LogP contribution in [0.25, 0.3) is 0 Å². The minimum atomic E-state index is -2.56. The van der Waals surface area contributed by atoms with Crippen LogP contribution < -0.4 is 10.4 Å². The Morgan fingerprint density at radius 1 is 0.893 bits per heavy atom. The van der Waals surface area contributed by atoms with Crippen molar-refractivity contribution in [2.45, 2.75) is 57.6 Å². The van der Waals surface area contributed by atoms with E-state index in [1.807, 2.05) is 0 Å². The van der Waals surface area contributed by atoms with Crippen LogP contribution in [0.15, 0.2) is 72.3 Å². The molecule has 1 saturated carbocycles. The summed E-state index contributed by atoms with van der Waals surface area (Å²) in [7, 11) is -2.56. The lowest BCUT2D eigenvalue weighted by Crippen LogP contribution is -2.68. The van der Waals surface area contributed by atoms with Gasteiger partial charge in [-0.3, -0.25) is 4.79 Å². The van der Waals surface area contributed by atoms with Crippen LogP contribution in [-0.2, 0) is 9.22 Å². The summed E-state index contributed by atoms with van der Waals surface area (Å²) < 4.78 is 7.32. The first kappa shape index (κ1) is 19.3. The second kappa shape index (κ2) is 7.45. The topological polar surface area (TPSA) is 26.3 Å². The molecule has 1 fully saturated rings. The molecule has 2 aliphatic carbocycles. The quantitative estimate of drug-likeness (QED) is 0.712. The minimum absolute atomic E-state index is 0.0281. The maximum absolute atomic E-state index is 12.4. The number of carbonyl (C=O) groups is 1. The molecule has 4 rings (SSSR count). The van der Waals surface area contributed by atoms with Crippen molar-refractivity contribution in [3.8, 4) is 0 Å². The number of Topliss-reactive ketones (excluding diaryl/α,β-unsaturated/α-hetero) is 1. The molecule has 0 radical (unpaired) electrons. The third-order valence-electron chi connectivity index (χ3n) is 6.41. The van der Waals surface area contributed by atoms with Crippen molar-refractivity contribution in [1.82, 2.24) is 0 Å². The summed E-state index contributed by atoms with van der Waals surface area (Å²) in [5, 5.41) is 2.60. The second-order valence-electron chi connectivity index (χ2n) is 9.12. The van der Waals surface area contributed by atoms with Crippen LogP contribution in [0.5, 0.6) is 0 Å². The van der Waals surface area contributed by atoms with E-state index in [2.05, 4.69) is 87.5 Å². The van der Waals surface area contributed by atoms with E-state index in [9.17, 15) is 4.79 Å². The molecule has 2 aromatic rings. The molecule has 2 atom stereocenters. The van der Waals surface area contributed by atoms with E-state index in [4.69, 9.17) is 4.43 Å². The van der Waals surface area contributed by atoms with E-state index in [0.29, 0.717) is 12.2 Å². The van der Waals surface area contributed by atoms with Crippen LogP contribution in [0, 0.1) is 5.92 Å². The molecule has 0 unspecified atom stereocenters. The average Bonchev–Trinajstić information content (AvgIpc) is 3.19. The third kappa shape index (κ3) is 3.21. The van der Waals surface area contributed by atoms with Gasteiger partial charge >= 0.3 is 0 Å². The summed E-state index contributed by atoms with van der Waals surface area (Å²) in [6.45, 7) is 6.95. The summed E-state index contributed by atoms with van der Waals surface area (Å²) in [6.07, 6.45) is 5.79. The number of ketones is 1. The van der Waals surface area contributed by atoms with Crippen molar-refractivity contribution in [3.05, 3.63) is 72.3 Å². The van der Waals surface area contributed by atoms with E-state index in [1.54, 1.807) is 0 Å². The number of hydrogen-bond donors (Lipinski definition) is 0. The Morgan fingerprint density at radius 3 is 2.00 bits per heavy atom. The van der Waals surface area contributed by atoms with E-state index < -0.39 is 8.32 Å². The Balaban J connectivity index is 1.84. The summed E-state index contributed by atoms with van der Waals surface area (Å²) >= 11 is 0. The fraction of sp³-hybridized carbons (Fsp3) is 0.400. The lowest BCUT2D eigenvalue weighted by Gasteiger charge is -2.47. The van der Waals surface area contributed by atoms with Crippen molar-refractivity contribution >= 4 is 24.5 Å². The van der Waals surface area contributed by atoms with Gasteiger partial charge < -0.3 is 4.43 Å². The average molecular weight is 391 g/mol. The first-order valence-electron chi connectivity index (χ1n) is 10.5. The molecule has 0 bridgehead atoms. The molecule has 2 nitrogen and oxygen atoms in total. The van der Waals surface area contributed by atoms with Gasteiger partial charge in [-0.2, -0.15) is 0 Å². The Kier molecular flexibility index (Phi) is 5.15. The molecule has 0 aromatic heterocycles. The fourth-order valence-corrected chi connectivity index (χ4v) is 9.86.